The molecule has 0 aliphatic carbocycles. The molecule has 2 aromatic rings. The molecule has 4 heteroatoms. The molecule has 0 heterocycles. The fourth-order valence-corrected chi connectivity index (χ4v) is 2.33. The second kappa shape index (κ2) is 7.18. The number of nitrogens with two attached hydrogens (primary N) is 1. The summed E-state index contributed by atoms with van der Waals surface area (Å²) in [5, 5.41) is 0. The SMILES string of the molecule is CCCN(Cc1cc(F)cc(F)c1)c1ccc(CN)cc1. The monoisotopic (exact) mass is 290 g/mol. The lowest BCUT2D eigenvalue weighted by Crippen LogP contribution is -2.23. The summed E-state index contributed by atoms with van der Waals surface area (Å²) in [7, 11) is 0. The molecule has 2 N–H and O–H groups in total. The molecule has 2 nitrogen and oxygen atoms in total. The summed E-state index contributed by atoms with van der Waals surface area (Å²) < 4.78 is 26.6. The Hall–Kier alpha value is -1.94. The summed E-state index contributed by atoms with van der Waals surface area (Å²) in [6.45, 7) is 3.88. The van der Waals surface area contributed by atoms with Gasteiger partial charge in [0.25, 0.3) is 0 Å². The zero-order chi connectivity index (χ0) is 15.2. The maximum absolute atomic E-state index is 13.3. The van der Waals surface area contributed by atoms with E-state index in [0.717, 1.165) is 30.3 Å². The van der Waals surface area contributed by atoms with E-state index < -0.39 is 11.6 Å². The Kier molecular flexibility index (Phi) is 5.28. The maximum atomic E-state index is 13.3. The van der Waals surface area contributed by atoms with Gasteiger partial charge in [-0.25, -0.2) is 8.78 Å². The van der Waals surface area contributed by atoms with Gasteiger partial charge in [-0.2, -0.15) is 0 Å². The van der Waals surface area contributed by atoms with E-state index in [0.29, 0.717) is 18.7 Å². The largest absolute Gasteiger partial charge is 0.367 e. The Morgan fingerprint density at radius 1 is 0.952 bits per heavy atom. The smallest absolute Gasteiger partial charge is 0.126 e. The molecule has 0 radical (unpaired) electrons. The van der Waals surface area contributed by atoms with Gasteiger partial charge < -0.3 is 10.6 Å². The summed E-state index contributed by atoms with van der Waals surface area (Å²) in [6, 6.07) is 11.6. The molecule has 21 heavy (non-hydrogen) atoms. The molecule has 0 saturated carbocycles. The molecular weight excluding hydrogens is 270 g/mol. The zero-order valence-electron chi connectivity index (χ0n) is 12.2. The van der Waals surface area contributed by atoms with Crippen molar-refractivity contribution < 1.29 is 8.78 Å². The third kappa shape index (κ3) is 4.26. The van der Waals surface area contributed by atoms with Gasteiger partial charge >= 0.3 is 0 Å². The van der Waals surface area contributed by atoms with Gasteiger partial charge in [0, 0.05) is 31.4 Å². The van der Waals surface area contributed by atoms with Crippen LogP contribution in [0.5, 0.6) is 0 Å². The lowest BCUT2D eigenvalue weighted by atomic mass is 10.1. The van der Waals surface area contributed by atoms with Gasteiger partial charge in [-0.05, 0) is 41.8 Å². The topological polar surface area (TPSA) is 29.3 Å². The van der Waals surface area contributed by atoms with Crippen molar-refractivity contribution in [3.8, 4) is 0 Å². The van der Waals surface area contributed by atoms with Crippen molar-refractivity contribution >= 4 is 5.69 Å². The minimum Gasteiger partial charge on any atom is -0.367 e. The van der Waals surface area contributed by atoms with Crippen LogP contribution in [0, 0.1) is 11.6 Å². The summed E-state index contributed by atoms with van der Waals surface area (Å²) >= 11 is 0. The van der Waals surface area contributed by atoms with E-state index in [9.17, 15) is 8.78 Å². The van der Waals surface area contributed by atoms with Gasteiger partial charge in [-0.15, -0.1) is 0 Å². The third-order valence-electron chi connectivity index (χ3n) is 3.33. The first-order chi connectivity index (χ1) is 10.1. The molecule has 0 amide bonds. The van der Waals surface area contributed by atoms with Crippen LogP contribution in [0.1, 0.15) is 24.5 Å². The Labute approximate surface area is 124 Å². The van der Waals surface area contributed by atoms with E-state index in [-0.39, 0.29) is 0 Å². The van der Waals surface area contributed by atoms with Gasteiger partial charge in [0.15, 0.2) is 0 Å². The first kappa shape index (κ1) is 15.4. The fraction of sp³-hybridized carbons (Fsp3) is 0.294. The van der Waals surface area contributed by atoms with Gasteiger partial charge in [0.2, 0.25) is 0 Å². The third-order valence-corrected chi connectivity index (χ3v) is 3.33. The Morgan fingerprint density at radius 3 is 2.10 bits per heavy atom. The van der Waals surface area contributed by atoms with Crippen LogP contribution in [0.25, 0.3) is 0 Å². The number of hydrogen-bond donors (Lipinski definition) is 1. The Bertz CT molecular complexity index is 562. The van der Waals surface area contributed by atoms with Crippen molar-refractivity contribution in [3.63, 3.8) is 0 Å². The lowest BCUT2D eigenvalue weighted by Gasteiger charge is -2.25. The average Bonchev–Trinajstić information content (AvgIpc) is 2.46. The molecule has 0 atom stereocenters. The Morgan fingerprint density at radius 2 is 1.57 bits per heavy atom. The predicted octanol–water partition coefficient (Wildman–Crippen LogP) is 3.84. The molecule has 0 saturated heterocycles. The van der Waals surface area contributed by atoms with Crippen molar-refractivity contribution in [2.24, 2.45) is 5.73 Å². The highest BCUT2D eigenvalue weighted by atomic mass is 19.1. The minimum atomic E-state index is -0.542. The number of halogens is 2. The van der Waals surface area contributed by atoms with Crippen LogP contribution >= 0.6 is 0 Å². The first-order valence-electron chi connectivity index (χ1n) is 7.11. The van der Waals surface area contributed by atoms with E-state index in [1.165, 1.54) is 12.1 Å². The van der Waals surface area contributed by atoms with Crippen LogP contribution < -0.4 is 10.6 Å². The summed E-state index contributed by atoms with van der Waals surface area (Å²) in [6.07, 6.45) is 0.955. The molecular formula is C17H20F2N2. The van der Waals surface area contributed by atoms with Crippen molar-refractivity contribution in [2.75, 3.05) is 11.4 Å². The second-order valence-corrected chi connectivity index (χ2v) is 5.07. The average molecular weight is 290 g/mol. The molecule has 0 spiro atoms. The van der Waals surface area contributed by atoms with Gasteiger partial charge in [-0.1, -0.05) is 19.1 Å². The highest BCUT2D eigenvalue weighted by Gasteiger charge is 2.09. The van der Waals surface area contributed by atoms with E-state index in [1.807, 2.05) is 24.3 Å². The number of benzene rings is 2. The first-order valence-corrected chi connectivity index (χ1v) is 7.11. The summed E-state index contributed by atoms with van der Waals surface area (Å²) in [4.78, 5) is 2.11. The van der Waals surface area contributed by atoms with Crippen LogP contribution in [0.3, 0.4) is 0 Å². The van der Waals surface area contributed by atoms with Crippen LogP contribution in [-0.4, -0.2) is 6.54 Å². The van der Waals surface area contributed by atoms with E-state index in [2.05, 4.69) is 11.8 Å². The van der Waals surface area contributed by atoms with Gasteiger partial charge in [-0.3, -0.25) is 0 Å². The van der Waals surface area contributed by atoms with E-state index >= 15 is 0 Å². The fourth-order valence-electron chi connectivity index (χ4n) is 2.33. The quantitative estimate of drug-likeness (QED) is 0.876. The van der Waals surface area contributed by atoms with E-state index in [1.54, 1.807) is 0 Å². The highest BCUT2D eigenvalue weighted by Crippen LogP contribution is 2.19. The van der Waals surface area contributed by atoms with Crippen molar-refractivity contribution in [3.05, 3.63) is 65.2 Å². The molecule has 112 valence electrons. The predicted molar refractivity (Wildman–Crippen MR) is 82.0 cm³/mol. The highest BCUT2D eigenvalue weighted by molar-refractivity contribution is 5.48. The Balaban J connectivity index is 2.21. The van der Waals surface area contributed by atoms with Gasteiger partial charge in [0.1, 0.15) is 11.6 Å². The minimum absolute atomic E-state index is 0.477. The molecule has 0 fully saturated rings. The van der Waals surface area contributed by atoms with Crippen LogP contribution in [0.2, 0.25) is 0 Å². The number of rotatable bonds is 6. The molecule has 2 aromatic carbocycles. The molecule has 2 rings (SSSR count). The van der Waals surface area contributed by atoms with Crippen LogP contribution in [0.15, 0.2) is 42.5 Å². The van der Waals surface area contributed by atoms with Crippen molar-refractivity contribution in [1.29, 1.82) is 0 Å². The molecule has 0 aliphatic heterocycles. The van der Waals surface area contributed by atoms with Gasteiger partial charge in [0.05, 0.1) is 0 Å². The summed E-state index contributed by atoms with van der Waals surface area (Å²) in [5.74, 6) is -1.08. The molecule has 0 bridgehead atoms. The number of anilines is 1. The van der Waals surface area contributed by atoms with E-state index in [4.69, 9.17) is 5.73 Å². The van der Waals surface area contributed by atoms with Crippen LogP contribution in [-0.2, 0) is 13.1 Å². The standard InChI is InChI=1S/C17H20F2N2/c1-2-7-21(17-5-3-13(11-20)4-6-17)12-14-8-15(18)10-16(19)9-14/h3-6,8-10H,2,7,11-12,20H2,1H3. The second-order valence-electron chi connectivity index (χ2n) is 5.07. The maximum Gasteiger partial charge on any atom is 0.126 e. The van der Waals surface area contributed by atoms with Crippen LogP contribution in [0.4, 0.5) is 14.5 Å². The zero-order valence-corrected chi connectivity index (χ0v) is 12.2. The van der Waals surface area contributed by atoms with Crippen molar-refractivity contribution in [2.45, 2.75) is 26.4 Å². The number of hydrogen-bond acceptors (Lipinski definition) is 2. The number of nitrogens with zero attached hydrogens (tertiary/aromatic N) is 1. The lowest BCUT2D eigenvalue weighted by molar-refractivity contribution is 0.578. The van der Waals surface area contributed by atoms with Crippen molar-refractivity contribution in [1.82, 2.24) is 0 Å². The molecule has 0 unspecified atom stereocenters. The summed E-state index contributed by atoms with van der Waals surface area (Å²) in [5.41, 5.74) is 8.31. The molecule has 0 aromatic heterocycles. The normalized spacial score (nSPS) is 10.7. The molecule has 0 aliphatic rings.